The van der Waals surface area contributed by atoms with Gasteiger partial charge >= 0.3 is 0 Å². The molecule has 0 fully saturated rings. The SMILES string of the molecule is O=C(CSCc1ccccc1Cl)N/N=C/c1cccnc1. The van der Waals surface area contributed by atoms with Crippen molar-refractivity contribution in [2.24, 2.45) is 5.10 Å². The van der Waals surface area contributed by atoms with E-state index >= 15 is 0 Å². The molecule has 0 saturated carbocycles. The minimum atomic E-state index is -0.146. The Hall–Kier alpha value is -1.85. The summed E-state index contributed by atoms with van der Waals surface area (Å²) in [5.41, 5.74) is 4.34. The Morgan fingerprint density at radius 2 is 2.19 bits per heavy atom. The predicted molar refractivity (Wildman–Crippen MR) is 87.6 cm³/mol. The molecular weight excluding hydrogens is 306 g/mol. The van der Waals surface area contributed by atoms with Crippen LogP contribution in [0, 0.1) is 0 Å². The van der Waals surface area contributed by atoms with Crippen molar-refractivity contribution in [3.05, 3.63) is 64.9 Å². The number of halogens is 1. The van der Waals surface area contributed by atoms with Gasteiger partial charge in [-0.25, -0.2) is 5.43 Å². The molecule has 0 saturated heterocycles. The van der Waals surface area contributed by atoms with Crippen LogP contribution in [0.15, 0.2) is 53.9 Å². The Labute approximate surface area is 132 Å². The van der Waals surface area contributed by atoms with Gasteiger partial charge in [0.1, 0.15) is 0 Å². The number of nitrogens with one attached hydrogen (secondary N) is 1. The largest absolute Gasteiger partial charge is 0.272 e. The number of hydrogen-bond acceptors (Lipinski definition) is 4. The molecule has 1 amide bonds. The summed E-state index contributed by atoms with van der Waals surface area (Å²) in [4.78, 5) is 15.6. The number of carbonyl (C=O) groups excluding carboxylic acids is 1. The highest BCUT2D eigenvalue weighted by Gasteiger charge is 2.02. The average Bonchev–Trinajstić information content (AvgIpc) is 2.50. The second-order valence-electron chi connectivity index (χ2n) is 4.16. The summed E-state index contributed by atoms with van der Waals surface area (Å²) in [6.45, 7) is 0. The fourth-order valence-electron chi connectivity index (χ4n) is 1.53. The lowest BCUT2D eigenvalue weighted by Gasteiger charge is -2.03. The van der Waals surface area contributed by atoms with Gasteiger partial charge in [0.05, 0.1) is 12.0 Å². The van der Waals surface area contributed by atoms with Crippen LogP contribution in [0.1, 0.15) is 11.1 Å². The van der Waals surface area contributed by atoms with E-state index in [0.29, 0.717) is 11.5 Å². The molecule has 1 aromatic carbocycles. The Balaban J connectivity index is 1.71. The van der Waals surface area contributed by atoms with E-state index in [2.05, 4.69) is 15.5 Å². The normalized spacial score (nSPS) is 10.7. The minimum absolute atomic E-state index is 0.146. The van der Waals surface area contributed by atoms with E-state index in [1.807, 2.05) is 36.4 Å². The minimum Gasteiger partial charge on any atom is -0.272 e. The third-order valence-electron chi connectivity index (χ3n) is 2.54. The number of aromatic nitrogens is 1. The molecule has 0 atom stereocenters. The lowest BCUT2D eigenvalue weighted by Crippen LogP contribution is -2.19. The molecule has 108 valence electrons. The number of hydrogen-bond donors (Lipinski definition) is 1. The monoisotopic (exact) mass is 319 g/mol. The van der Waals surface area contributed by atoms with Gasteiger partial charge in [-0.05, 0) is 17.7 Å². The topological polar surface area (TPSA) is 54.4 Å². The maximum atomic E-state index is 11.6. The van der Waals surface area contributed by atoms with Gasteiger partial charge in [-0.3, -0.25) is 9.78 Å². The summed E-state index contributed by atoms with van der Waals surface area (Å²) in [7, 11) is 0. The summed E-state index contributed by atoms with van der Waals surface area (Å²) in [5.74, 6) is 0.877. The fourth-order valence-corrected chi connectivity index (χ4v) is 2.64. The lowest BCUT2D eigenvalue weighted by molar-refractivity contribution is -0.118. The first-order valence-electron chi connectivity index (χ1n) is 6.29. The molecule has 2 rings (SSSR count). The molecule has 1 aromatic heterocycles. The Kier molecular flexibility index (Phi) is 6.24. The highest BCUT2D eigenvalue weighted by Crippen LogP contribution is 2.20. The van der Waals surface area contributed by atoms with Crippen LogP contribution in [-0.2, 0) is 10.5 Å². The van der Waals surface area contributed by atoms with E-state index in [4.69, 9.17) is 11.6 Å². The van der Waals surface area contributed by atoms with E-state index in [9.17, 15) is 4.79 Å². The van der Waals surface area contributed by atoms with Crippen LogP contribution in [-0.4, -0.2) is 22.9 Å². The molecule has 21 heavy (non-hydrogen) atoms. The summed E-state index contributed by atoms with van der Waals surface area (Å²) in [5, 5.41) is 4.60. The zero-order valence-corrected chi connectivity index (χ0v) is 12.8. The van der Waals surface area contributed by atoms with Gasteiger partial charge in [0, 0.05) is 28.7 Å². The molecule has 0 aliphatic rings. The van der Waals surface area contributed by atoms with Crippen molar-refractivity contribution in [2.75, 3.05) is 5.75 Å². The summed E-state index contributed by atoms with van der Waals surface area (Å²) < 4.78 is 0. The molecule has 0 unspecified atom stereocenters. The Bertz CT molecular complexity index is 619. The van der Waals surface area contributed by atoms with E-state index in [1.165, 1.54) is 11.8 Å². The number of pyridine rings is 1. The highest BCUT2D eigenvalue weighted by atomic mass is 35.5. The summed E-state index contributed by atoms with van der Waals surface area (Å²) >= 11 is 7.54. The maximum absolute atomic E-state index is 11.6. The van der Waals surface area contributed by atoms with Crippen LogP contribution < -0.4 is 5.43 Å². The first-order chi connectivity index (χ1) is 10.3. The second kappa shape index (κ2) is 8.44. The van der Waals surface area contributed by atoms with Gasteiger partial charge in [0.25, 0.3) is 0 Å². The number of nitrogens with zero attached hydrogens (tertiary/aromatic N) is 2. The van der Waals surface area contributed by atoms with Crippen molar-refractivity contribution in [2.45, 2.75) is 5.75 Å². The Morgan fingerprint density at radius 1 is 1.33 bits per heavy atom. The number of thioether (sulfide) groups is 1. The van der Waals surface area contributed by atoms with Crippen molar-refractivity contribution >= 4 is 35.5 Å². The summed E-state index contributed by atoms with van der Waals surface area (Å²) in [6, 6.07) is 11.3. The molecule has 4 nitrogen and oxygen atoms in total. The first-order valence-corrected chi connectivity index (χ1v) is 7.82. The molecule has 0 spiro atoms. The van der Waals surface area contributed by atoms with Gasteiger partial charge in [-0.1, -0.05) is 35.9 Å². The Morgan fingerprint density at radius 3 is 2.95 bits per heavy atom. The van der Waals surface area contributed by atoms with Crippen molar-refractivity contribution in [3.8, 4) is 0 Å². The van der Waals surface area contributed by atoms with Gasteiger partial charge < -0.3 is 0 Å². The molecule has 0 bridgehead atoms. The van der Waals surface area contributed by atoms with Crippen LogP contribution in [0.25, 0.3) is 0 Å². The highest BCUT2D eigenvalue weighted by molar-refractivity contribution is 7.99. The van der Waals surface area contributed by atoms with Crippen molar-refractivity contribution < 1.29 is 4.79 Å². The van der Waals surface area contributed by atoms with Crippen LogP contribution in [0.5, 0.6) is 0 Å². The number of carbonyl (C=O) groups is 1. The predicted octanol–water partition coefficient (Wildman–Crippen LogP) is 3.12. The van der Waals surface area contributed by atoms with Crippen molar-refractivity contribution in [1.82, 2.24) is 10.4 Å². The second-order valence-corrected chi connectivity index (χ2v) is 5.56. The number of rotatable bonds is 6. The molecule has 0 aliphatic heterocycles. The van der Waals surface area contributed by atoms with Gasteiger partial charge in [-0.2, -0.15) is 5.10 Å². The number of amides is 1. The van der Waals surface area contributed by atoms with Crippen LogP contribution >= 0.6 is 23.4 Å². The molecule has 0 radical (unpaired) electrons. The fraction of sp³-hybridized carbons (Fsp3) is 0.133. The van der Waals surface area contributed by atoms with E-state index in [0.717, 1.165) is 16.1 Å². The lowest BCUT2D eigenvalue weighted by atomic mass is 10.2. The zero-order chi connectivity index (χ0) is 14.9. The van der Waals surface area contributed by atoms with Crippen LogP contribution in [0.3, 0.4) is 0 Å². The third kappa shape index (κ3) is 5.57. The molecule has 0 aliphatic carbocycles. The molecule has 1 heterocycles. The standard InChI is InChI=1S/C15H14ClN3OS/c16-14-6-2-1-5-13(14)10-21-11-15(20)19-18-9-12-4-3-7-17-8-12/h1-9H,10-11H2,(H,19,20)/b18-9+. The van der Waals surface area contributed by atoms with Crippen molar-refractivity contribution in [3.63, 3.8) is 0 Å². The maximum Gasteiger partial charge on any atom is 0.250 e. The average molecular weight is 320 g/mol. The van der Waals surface area contributed by atoms with Crippen molar-refractivity contribution in [1.29, 1.82) is 0 Å². The third-order valence-corrected chi connectivity index (χ3v) is 3.89. The van der Waals surface area contributed by atoms with Crippen LogP contribution in [0.4, 0.5) is 0 Å². The quantitative estimate of drug-likeness (QED) is 0.657. The van der Waals surface area contributed by atoms with E-state index in [-0.39, 0.29) is 5.91 Å². The zero-order valence-electron chi connectivity index (χ0n) is 11.2. The number of benzene rings is 1. The number of hydrazone groups is 1. The van der Waals surface area contributed by atoms with Gasteiger partial charge in [-0.15, -0.1) is 11.8 Å². The first kappa shape index (κ1) is 15.5. The van der Waals surface area contributed by atoms with Gasteiger partial charge in [0.2, 0.25) is 5.91 Å². The summed E-state index contributed by atoms with van der Waals surface area (Å²) in [6.07, 6.45) is 4.91. The van der Waals surface area contributed by atoms with E-state index in [1.54, 1.807) is 18.6 Å². The van der Waals surface area contributed by atoms with Crippen LogP contribution in [0.2, 0.25) is 5.02 Å². The molecule has 1 N–H and O–H groups in total. The smallest absolute Gasteiger partial charge is 0.250 e. The van der Waals surface area contributed by atoms with E-state index < -0.39 is 0 Å². The molecular formula is C15H14ClN3OS. The molecule has 2 aromatic rings. The molecule has 6 heteroatoms. The van der Waals surface area contributed by atoms with Gasteiger partial charge in [0.15, 0.2) is 0 Å².